The Bertz CT molecular complexity index is 1380. The Morgan fingerprint density at radius 2 is 1.78 bits per heavy atom. The average molecular weight is 485 g/mol. The van der Waals surface area contributed by atoms with Crippen LogP contribution < -0.4 is 4.74 Å². The fourth-order valence-electron chi connectivity index (χ4n) is 5.15. The number of β-amino-alcohol motifs (C(OH)–C–C–N with tert-alkyl or cyclic N) is 1. The number of nitrogens with one attached hydrogen (secondary N) is 3. The van der Waals surface area contributed by atoms with Gasteiger partial charge in [0.1, 0.15) is 24.2 Å². The molecule has 4 N–H and O–H groups in total. The van der Waals surface area contributed by atoms with Crippen molar-refractivity contribution in [3.05, 3.63) is 78.0 Å². The third-order valence-corrected chi connectivity index (χ3v) is 6.87. The van der Waals surface area contributed by atoms with Gasteiger partial charge >= 0.3 is 0 Å². The van der Waals surface area contributed by atoms with E-state index in [1.165, 1.54) is 23.3 Å². The van der Waals surface area contributed by atoms with E-state index >= 15 is 0 Å². The number of aliphatic hydroxyl groups is 1. The van der Waals surface area contributed by atoms with Gasteiger partial charge in [0.2, 0.25) is 5.90 Å². The number of piperidine rings is 1. The van der Waals surface area contributed by atoms with Crippen LogP contribution in [0.3, 0.4) is 0 Å². The van der Waals surface area contributed by atoms with Crippen LogP contribution >= 0.6 is 0 Å². The number of likely N-dealkylation sites (tertiary alicyclic amines) is 1. The minimum absolute atomic E-state index is 0.0422. The fourth-order valence-corrected chi connectivity index (χ4v) is 5.15. The van der Waals surface area contributed by atoms with E-state index in [0.717, 1.165) is 36.8 Å². The monoisotopic (exact) mass is 484 g/mol. The van der Waals surface area contributed by atoms with Crippen molar-refractivity contribution < 1.29 is 14.6 Å². The molecule has 0 saturated carbocycles. The van der Waals surface area contributed by atoms with E-state index in [4.69, 9.17) is 20.3 Å². The zero-order valence-electron chi connectivity index (χ0n) is 20.5. The molecule has 0 bridgehead atoms. The van der Waals surface area contributed by atoms with Crippen LogP contribution in [-0.2, 0) is 4.74 Å². The van der Waals surface area contributed by atoms with Crippen LogP contribution in [-0.4, -0.2) is 59.1 Å². The maximum absolute atomic E-state index is 10.7. The van der Waals surface area contributed by atoms with Crippen molar-refractivity contribution in [3.63, 3.8) is 0 Å². The summed E-state index contributed by atoms with van der Waals surface area (Å²) in [4.78, 5) is 5.45. The number of aliphatic hydroxyl groups excluding tert-OH is 1. The van der Waals surface area contributed by atoms with Crippen molar-refractivity contribution in [1.29, 1.82) is 10.8 Å². The van der Waals surface area contributed by atoms with Gasteiger partial charge in [-0.3, -0.25) is 10.8 Å². The Balaban J connectivity index is 1.16. The van der Waals surface area contributed by atoms with Gasteiger partial charge in [0, 0.05) is 24.4 Å². The molecule has 1 saturated heterocycles. The molecule has 0 unspecified atom stereocenters. The summed E-state index contributed by atoms with van der Waals surface area (Å²) >= 11 is 0. The van der Waals surface area contributed by atoms with Gasteiger partial charge in [0.25, 0.3) is 0 Å². The molecule has 7 heteroatoms. The van der Waals surface area contributed by atoms with Crippen LogP contribution in [0, 0.1) is 10.8 Å². The first-order chi connectivity index (χ1) is 17.5. The molecule has 0 spiro atoms. The number of aromatic nitrogens is 1. The van der Waals surface area contributed by atoms with Gasteiger partial charge in [-0.1, -0.05) is 48.5 Å². The highest BCUT2D eigenvalue weighted by atomic mass is 16.5. The number of hydrogen-bond acceptors (Lipinski definition) is 6. The number of rotatable bonds is 7. The normalized spacial score (nSPS) is 15.7. The Kier molecular flexibility index (Phi) is 7.02. The maximum Gasteiger partial charge on any atom is 0.237 e. The van der Waals surface area contributed by atoms with Gasteiger partial charge in [-0.05, 0) is 66.4 Å². The quantitative estimate of drug-likeness (QED) is 0.212. The Morgan fingerprint density at radius 3 is 2.58 bits per heavy atom. The topological polar surface area (TPSA) is 105 Å². The first kappa shape index (κ1) is 24.0. The lowest BCUT2D eigenvalue weighted by molar-refractivity contribution is 0.0599. The largest absolute Gasteiger partial charge is 0.490 e. The molecule has 1 fully saturated rings. The van der Waals surface area contributed by atoms with E-state index in [-0.39, 0.29) is 18.4 Å². The summed E-state index contributed by atoms with van der Waals surface area (Å²) in [6, 6.07) is 22.6. The predicted octanol–water partition coefficient (Wildman–Crippen LogP) is 5.28. The van der Waals surface area contributed by atoms with Crippen molar-refractivity contribution in [2.24, 2.45) is 0 Å². The lowest BCUT2D eigenvalue weighted by Gasteiger charge is -2.33. The van der Waals surface area contributed by atoms with E-state index in [1.807, 2.05) is 18.2 Å². The van der Waals surface area contributed by atoms with E-state index < -0.39 is 6.10 Å². The second-order valence-corrected chi connectivity index (χ2v) is 9.50. The number of H-pyrrole nitrogens is 1. The number of fused-ring (bicyclic) bond motifs is 2. The van der Waals surface area contributed by atoms with E-state index in [0.29, 0.717) is 23.9 Å². The lowest BCUT2D eigenvalue weighted by Crippen LogP contribution is -2.40. The lowest BCUT2D eigenvalue weighted by atomic mass is 9.86. The number of nitrogens with zero attached hydrogens (tertiary/aromatic N) is 1. The molecular weight excluding hydrogens is 452 g/mol. The van der Waals surface area contributed by atoms with Gasteiger partial charge in [-0.2, -0.15) is 0 Å². The van der Waals surface area contributed by atoms with Crippen molar-refractivity contribution in [2.75, 3.05) is 26.2 Å². The Hall–Kier alpha value is -3.68. The number of benzene rings is 3. The van der Waals surface area contributed by atoms with Crippen LogP contribution in [0.1, 0.15) is 36.9 Å². The predicted molar refractivity (Wildman–Crippen MR) is 143 cm³/mol. The highest BCUT2D eigenvalue weighted by Gasteiger charge is 2.23. The molecule has 7 nitrogen and oxygen atoms in total. The molecule has 3 aromatic carbocycles. The zero-order valence-corrected chi connectivity index (χ0v) is 20.5. The van der Waals surface area contributed by atoms with E-state index in [1.54, 1.807) is 6.07 Å². The van der Waals surface area contributed by atoms with Crippen molar-refractivity contribution in [3.8, 4) is 5.75 Å². The van der Waals surface area contributed by atoms with Crippen LogP contribution in [0.4, 0.5) is 0 Å². The molecule has 186 valence electrons. The first-order valence-corrected chi connectivity index (χ1v) is 12.4. The summed E-state index contributed by atoms with van der Waals surface area (Å²) in [5.74, 6) is 1.03. The molecule has 1 aromatic heterocycles. The van der Waals surface area contributed by atoms with Crippen molar-refractivity contribution in [1.82, 2.24) is 9.88 Å². The summed E-state index contributed by atoms with van der Waals surface area (Å²) < 4.78 is 11.1. The maximum atomic E-state index is 10.7. The highest BCUT2D eigenvalue weighted by Crippen LogP contribution is 2.33. The number of hydrogen-bond donors (Lipinski definition) is 4. The SMILES string of the molecule is CC(=N)OC(=N)c1cc2c(OC[C@@H](O)CN3CCC(c4cccc5ccccc45)CC3)cccc2[nH]1. The number of aromatic amines is 1. The van der Waals surface area contributed by atoms with Gasteiger partial charge in [-0.15, -0.1) is 0 Å². The third kappa shape index (κ3) is 5.27. The van der Waals surface area contributed by atoms with Crippen LogP contribution in [0.15, 0.2) is 66.7 Å². The summed E-state index contributed by atoms with van der Waals surface area (Å²) in [5.41, 5.74) is 2.72. The van der Waals surface area contributed by atoms with E-state index in [9.17, 15) is 5.11 Å². The smallest absolute Gasteiger partial charge is 0.237 e. The second kappa shape index (κ2) is 10.5. The summed E-state index contributed by atoms with van der Waals surface area (Å²) in [5, 5.41) is 29.6. The molecule has 1 atom stereocenters. The molecule has 1 aliphatic heterocycles. The molecule has 36 heavy (non-hydrogen) atoms. The minimum Gasteiger partial charge on any atom is -0.490 e. The molecule has 5 rings (SSSR count). The van der Waals surface area contributed by atoms with Crippen LogP contribution in [0.2, 0.25) is 0 Å². The molecule has 0 radical (unpaired) electrons. The third-order valence-electron chi connectivity index (χ3n) is 6.87. The fraction of sp³-hybridized carbons (Fsp3) is 0.310. The Morgan fingerprint density at radius 1 is 1.03 bits per heavy atom. The number of ether oxygens (including phenoxy) is 2. The zero-order chi connectivity index (χ0) is 25.1. The van der Waals surface area contributed by atoms with Gasteiger partial charge in [-0.25, -0.2) is 0 Å². The van der Waals surface area contributed by atoms with Gasteiger partial charge < -0.3 is 24.5 Å². The van der Waals surface area contributed by atoms with Crippen molar-refractivity contribution in [2.45, 2.75) is 31.8 Å². The molecule has 2 heterocycles. The van der Waals surface area contributed by atoms with Crippen LogP contribution in [0.5, 0.6) is 5.75 Å². The molecular formula is C29H32N4O3. The van der Waals surface area contributed by atoms with Crippen molar-refractivity contribution >= 4 is 33.5 Å². The molecule has 0 amide bonds. The van der Waals surface area contributed by atoms with Crippen LogP contribution in [0.25, 0.3) is 21.7 Å². The first-order valence-electron chi connectivity index (χ1n) is 12.4. The van der Waals surface area contributed by atoms with E-state index in [2.05, 4.69) is 52.3 Å². The second-order valence-electron chi connectivity index (χ2n) is 9.50. The van der Waals surface area contributed by atoms with Gasteiger partial charge in [0.05, 0.1) is 0 Å². The highest BCUT2D eigenvalue weighted by molar-refractivity contribution is 6.02. The summed E-state index contributed by atoms with van der Waals surface area (Å²) in [6.07, 6.45) is 1.56. The minimum atomic E-state index is -0.602. The summed E-state index contributed by atoms with van der Waals surface area (Å²) in [6.45, 7) is 4.16. The van der Waals surface area contributed by atoms with Gasteiger partial charge in [0.15, 0.2) is 5.90 Å². The molecule has 0 aliphatic carbocycles. The molecule has 4 aromatic rings. The standard InChI is InChI=1S/C29H32N4O3/c1-19(30)36-29(31)27-16-25-26(32-27)10-5-11-28(25)35-18-22(34)17-33-14-12-21(13-15-33)24-9-4-7-20-6-2-3-8-23(20)24/h2-11,16,21-22,30-32,34H,12-15,17-18H2,1H3/t22-/m0/s1. The average Bonchev–Trinajstić information content (AvgIpc) is 3.33. The Labute approximate surface area is 210 Å². The summed E-state index contributed by atoms with van der Waals surface area (Å²) in [7, 11) is 0. The molecule has 1 aliphatic rings.